The van der Waals surface area contributed by atoms with Gasteiger partial charge in [-0.3, -0.25) is 4.79 Å². The van der Waals surface area contributed by atoms with Crippen molar-refractivity contribution < 1.29 is 9.53 Å². The summed E-state index contributed by atoms with van der Waals surface area (Å²) in [5, 5.41) is 6.18. The molecule has 2 aromatic rings. The van der Waals surface area contributed by atoms with Crippen molar-refractivity contribution >= 4 is 17.4 Å². The zero-order valence-corrected chi connectivity index (χ0v) is 13.1. The third kappa shape index (κ3) is 3.97. The number of rotatable bonds is 5. The van der Waals surface area contributed by atoms with Crippen molar-refractivity contribution in [3.8, 4) is 5.75 Å². The van der Waals surface area contributed by atoms with Gasteiger partial charge >= 0.3 is 0 Å². The van der Waals surface area contributed by atoms with Crippen molar-refractivity contribution in [2.75, 3.05) is 12.4 Å². The molecule has 1 heterocycles. The van der Waals surface area contributed by atoms with Gasteiger partial charge in [0.15, 0.2) is 0 Å². The lowest BCUT2D eigenvalue weighted by Crippen LogP contribution is -2.33. The second-order valence-corrected chi connectivity index (χ2v) is 5.60. The molecule has 1 saturated carbocycles. The first-order valence-electron chi connectivity index (χ1n) is 7.78. The van der Waals surface area contributed by atoms with E-state index in [4.69, 9.17) is 4.74 Å². The molecule has 0 saturated heterocycles. The highest BCUT2D eigenvalue weighted by atomic mass is 16.5. The minimum absolute atomic E-state index is 0.145. The lowest BCUT2D eigenvalue weighted by atomic mass is 10.2. The van der Waals surface area contributed by atoms with E-state index in [9.17, 15) is 4.79 Å². The van der Waals surface area contributed by atoms with Gasteiger partial charge in [-0.15, -0.1) is 0 Å². The highest BCUT2D eigenvalue weighted by Gasteiger charge is 2.18. The molecule has 3 rings (SSSR count). The zero-order valence-electron chi connectivity index (χ0n) is 13.1. The summed E-state index contributed by atoms with van der Waals surface area (Å²) in [7, 11) is 1.62. The smallest absolute Gasteiger partial charge is 0.270 e. The quantitative estimate of drug-likeness (QED) is 0.888. The van der Waals surface area contributed by atoms with Crippen molar-refractivity contribution in [2.24, 2.45) is 0 Å². The minimum atomic E-state index is -0.145. The fourth-order valence-corrected chi connectivity index (χ4v) is 2.73. The van der Waals surface area contributed by atoms with E-state index in [1.54, 1.807) is 13.2 Å². The lowest BCUT2D eigenvalue weighted by Gasteiger charge is -2.12. The molecule has 0 radical (unpaired) electrons. The molecule has 120 valence electrons. The molecule has 0 unspecified atom stereocenters. The van der Waals surface area contributed by atoms with Crippen molar-refractivity contribution in [2.45, 2.75) is 31.7 Å². The Morgan fingerprint density at radius 1 is 1.22 bits per heavy atom. The van der Waals surface area contributed by atoms with Crippen LogP contribution in [0.3, 0.4) is 0 Å². The van der Waals surface area contributed by atoms with Crippen LogP contribution in [0.4, 0.5) is 11.5 Å². The van der Waals surface area contributed by atoms with Gasteiger partial charge in [-0.2, -0.15) is 0 Å². The normalized spacial score (nSPS) is 14.5. The molecule has 0 atom stereocenters. The fourth-order valence-electron chi connectivity index (χ4n) is 2.73. The number of methoxy groups -OCH3 is 1. The second-order valence-electron chi connectivity index (χ2n) is 5.60. The average molecular weight is 312 g/mol. The summed E-state index contributed by atoms with van der Waals surface area (Å²) in [4.78, 5) is 20.5. The number of nitrogens with zero attached hydrogens (tertiary/aromatic N) is 2. The third-order valence-electron chi connectivity index (χ3n) is 3.93. The van der Waals surface area contributed by atoms with Crippen LogP contribution in [-0.4, -0.2) is 29.0 Å². The van der Waals surface area contributed by atoms with Crippen LogP contribution in [0.5, 0.6) is 5.75 Å². The predicted octanol–water partition coefficient (Wildman–Crippen LogP) is 2.90. The van der Waals surface area contributed by atoms with Crippen molar-refractivity contribution in [1.29, 1.82) is 0 Å². The van der Waals surface area contributed by atoms with Gasteiger partial charge in [0.25, 0.3) is 5.91 Å². The summed E-state index contributed by atoms with van der Waals surface area (Å²) in [6.45, 7) is 0. The molecule has 0 aliphatic heterocycles. The van der Waals surface area contributed by atoms with Crippen molar-refractivity contribution in [3.05, 3.63) is 42.4 Å². The molecular weight excluding hydrogens is 292 g/mol. The number of nitrogens with one attached hydrogen (secondary N) is 2. The van der Waals surface area contributed by atoms with Crippen LogP contribution in [0.2, 0.25) is 0 Å². The van der Waals surface area contributed by atoms with Gasteiger partial charge in [0, 0.05) is 23.9 Å². The first kappa shape index (κ1) is 15.3. The van der Waals surface area contributed by atoms with Crippen LogP contribution in [0.15, 0.2) is 36.7 Å². The molecule has 1 aromatic heterocycles. The molecule has 1 amide bonds. The van der Waals surface area contributed by atoms with Gasteiger partial charge in [-0.1, -0.05) is 18.9 Å². The molecule has 1 aliphatic rings. The first-order valence-corrected chi connectivity index (χ1v) is 7.78. The number of amides is 1. The maximum Gasteiger partial charge on any atom is 0.270 e. The Morgan fingerprint density at radius 2 is 2.04 bits per heavy atom. The highest BCUT2D eigenvalue weighted by Crippen LogP contribution is 2.21. The molecule has 0 bridgehead atoms. The van der Waals surface area contributed by atoms with Gasteiger partial charge in [0.2, 0.25) is 0 Å². The van der Waals surface area contributed by atoms with E-state index in [-0.39, 0.29) is 11.9 Å². The summed E-state index contributed by atoms with van der Waals surface area (Å²) in [5.41, 5.74) is 1.21. The predicted molar refractivity (Wildman–Crippen MR) is 88.0 cm³/mol. The van der Waals surface area contributed by atoms with Gasteiger partial charge < -0.3 is 15.4 Å². The fraction of sp³-hybridized carbons (Fsp3) is 0.353. The largest absolute Gasteiger partial charge is 0.497 e. The van der Waals surface area contributed by atoms with Gasteiger partial charge in [-0.05, 0) is 25.0 Å². The zero-order chi connectivity index (χ0) is 16.1. The van der Waals surface area contributed by atoms with Crippen LogP contribution in [0.25, 0.3) is 0 Å². The maximum absolute atomic E-state index is 12.3. The summed E-state index contributed by atoms with van der Waals surface area (Å²) >= 11 is 0. The molecule has 0 spiro atoms. The Bertz CT molecular complexity index is 684. The monoisotopic (exact) mass is 312 g/mol. The molecule has 1 aliphatic carbocycles. The van der Waals surface area contributed by atoms with Crippen LogP contribution in [-0.2, 0) is 0 Å². The Labute approximate surface area is 135 Å². The Morgan fingerprint density at radius 3 is 2.83 bits per heavy atom. The summed E-state index contributed by atoms with van der Waals surface area (Å²) in [5.74, 6) is 1.18. The third-order valence-corrected chi connectivity index (χ3v) is 3.93. The minimum Gasteiger partial charge on any atom is -0.497 e. The number of carbonyl (C=O) groups excluding carboxylic acids is 1. The number of ether oxygens (including phenoxy) is 1. The van der Waals surface area contributed by atoms with E-state index >= 15 is 0 Å². The Balaban J connectivity index is 1.70. The van der Waals surface area contributed by atoms with Crippen LogP contribution >= 0.6 is 0 Å². The molecule has 2 N–H and O–H groups in total. The van der Waals surface area contributed by atoms with Gasteiger partial charge in [-0.25, -0.2) is 9.97 Å². The lowest BCUT2D eigenvalue weighted by molar-refractivity contribution is 0.0932. The van der Waals surface area contributed by atoms with Gasteiger partial charge in [0.05, 0.1) is 7.11 Å². The molecule has 6 heteroatoms. The maximum atomic E-state index is 12.3. The van der Waals surface area contributed by atoms with Crippen molar-refractivity contribution in [3.63, 3.8) is 0 Å². The standard InChI is InChI=1S/C17H20N4O2/c1-23-14-8-4-7-13(9-14)20-16-10-15(18-11-19-16)17(22)21-12-5-2-3-6-12/h4,7-12H,2-3,5-6H2,1H3,(H,21,22)(H,18,19,20). The Hall–Kier alpha value is -2.63. The summed E-state index contributed by atoms with van der Waals surface area (Å²) in [6.07, 6.45) is 5.85. The van der Waals surface area contributed by atoms with E-state index in [0.29, 0.717) is 11.5 Å². The molecule has 6 nitrogen and oxygen atoms in total. The molecule has 23 heavy (non-hydrogen) atoms. The van der Waals surface area contributed by atoms with Crippen LogP contribution < -0.4 is 15.4 Å². The summed E-state index contributed by atoms with van der Waals surface area (Å²) < 4.78 is 5.19. The Kier molecular flexibility index (Phi) is 4.71. The number of hydrogen-bond acceptors (Lipinski definition) is 5. The SMILES string of the molecule is COc1cccc(Nc2cc(C(=O)NC3CCCC3)ncn2)c1. The molecular formula is C17H20N4O2. The summed E-state index contributed by atoms with van der Waals surface area (Å²) in [6, 6.07) is 9.45. The number of anilines is 2. The molecule has 1 aromatic carbocycles. The number of hydrogen-bond donors (Lipinski definition) is 2. The number of carbonyl (C=O) groups is 1. The topological polar surface area (TPSA) is 76.1 Å². The van der Waals surface area contributed by atoms with E-state index in [1.807, 2.05) is 24.3 Å². The van der Waals surface area contributed by atoms with E-state index in [1.165, 1.54) is 19.2 Å². The van der Waals surface area contributed by atoms with Crippen LogP contribution in [0.1, 0.15) is 36.2 Å². The highest BCUT2D eigenvalue weighted by molar-refractivity contribution is 5.93. The molecule has 1 fully saturated rings. The number of benzene rings is 1. The van der Waals surface area contributed by atoms with E-state index in [2.05, 4.69) is 20.6 Å². The van der Waals surface area contributed by atoms with Gasteiger partial charge in [0.1, 0.15) is 23.6 Å². The first-order chi connectivity index (χ1) is 11.2. The van der Waals surface area contributed by atoms with Crippen LogP contribution in [0, 0.1) is 0 Å². The second kappa shape index (κ2) is 7.09. The van der Waals surface area contributed by atoms with E-state index < -0.39 is 0 Å². The van der Waals surface area contributed by atoms with Crippen molar-refractivity contribution in [1.82, 2.24) is 15.3 Å². The average Bonchev–Trinajstić information content (AvgIpc) is 3.08. The number of aromatic nitrogens is 2. The van der Waals surface area contributed by atoms with E-state index in [0.717, 1.165) is 24.3 Å².